The highest BCUT2D eigenvalue weighted by molar-refractivity contribution is 6.33. The first-order valence-electron chi connectivity index (χ1n) is 16.2. The Morgan fingerprint density at radius 3 is 2.28 bits per heavy atom. The van der Waals surface area contributed by atoms with Crippen molar-refractivity contribution < 1.29 is 40.7 Å². The monoisotopic (exact) mass is 766 g/mol. The summed E-state index contributed by atoms with van der Waals surface area (Å²) < 4.78 is 87.7. The number of hydrogen-bond acceptors (Lipinski definition) is 6. The van der Waals surface area contributed by atoms with Gasteiger partial charge in [0.2, 0.25) is 0 Å². The van der Waals surface area contributed by atoms with Gasteiger partial charge in [-0.3, -0.25) is 19.7 Å². The van der Waals surface area contributed by atoms with Crippen LogP contribution in [0.25, 0.3) is 22.5 Å². The number of benzene rings is 2. The quantitative estimate of drug-likeness (QED) is 0.124. The van der Waals surface area contributed by atoms with Crippen molar-refractivity contribution in [1.82, 2.24) is 34.9 Å². The van der Waals surface area contributed by atoms with E-state index in [9.17, 15) is 35.9 Å². The summed E-state index contributed by atoms with van der Waals surface area (Å²) in [6.45, 7) is 1.36. The molecule has 2 atom stereocenters. The molecule has 1 fully saturated rings. The Bertz CT molecular complexity index is 1980. The predicted molar refractivity (Wildman–Crippen MR) is 184 cm³/mol. The lowest BCUT2D eigenvalue weighted by molar-refractivity contribution is -0.134. The number of hydrogen-bond donors (Lipinski definition) is 3. The number of amides is 2. The molecule has 1 aliphatic heterocycles. The van der Waals surface area contributed by atoms with Gasteiger partial charge in [-0.25, -0.2) is 23.2 Å². The second kappa shape index (κ2) is 14.8. The topological polar surface area (TPSA) is 130 Å². The van der Waals surface area contributed by atoms with Crippen molar-refractivity contribution >= 4 is 29.6 Å². The largest absolute Gasteiger partial charge is 0.447 e. The van der Waals surface area contributed by atoms with Crippen LogP contribution in [0.5, 0.6) is 0 Å². The van der Waals surface area contributed by atoms with E-state index in [0.717, 1.165) is 31.1 Å². The number of aromatic nitrogens is 4. The molecule has 11 nitrogen and oxygen atoms in total. The third-order valence-corrected chi connectivity index (χ3v) is 8.94. The summed E-state index contributed by atoms with van der Waals surface area (Å²) in [4.78, 5) is 32.8. The number of carbonyl (C=O) groups excluding carboxylic acids is 2. The second-order valence-corrected chi connectivity index (χ2v) is 14.7. The van der Waals surface area contributed by atoms with Crippen molar-refractivity contribution in [3.63, 3.8) is 0 Å². The maximum Gasteiger partial charge on any atom is 0.407 e. The SMILES string of the molecule is CC(C)(C)C[C@]1(c2ccc(-c3cnn(C(F)F)c3)cc2)NC(=N)N([C@H](COC(=O)NC(C)(C)C(F)F)c2ccc(Cl)c(-c3nccn3C(F)F)c2)C1=O. The van der Waals surface area contributed by atoms with E-state index >= 15 is 0 Å². The normalized spacial score (nSPS) is 17.2. The van der Waals surface area contributed by atoms with E-state index in [0.29, 0.717) is 25.9 Å². The number of halogens is 7. The fourth-order valence-electron chi connectivity index (χ4n) is 6.10. The summed E-state index contributed by atoms with van der Waals surface area (Å²) in [7, 11) is 0. The van der Waals surface area contributed by atoms with Crippen molar-refractivity contribution in [1.29, 1.82) is 5.41 Å². The van der Waals surface area contributed by atoms with Crippen LogP contribution < -0.4 is 10.6 Å². The second-order valence-electron chi connectivity index (χ2n) is 14.3. The molecule has 0 spiro atoms. The van der Waals surface area contributed by atoms with Gasteiger partial charge in [0, 0.05) is 29.7 Å². The van der Waals surface area contributed by atoms with Gasteiger partial charge in [-0.05, 0) is 54.5 Å². The number of nitrogens with one attached hydrogen (secondary N) is 3. The van der Waals surface area contributed by atoms with E-state index in [-0.39, 0.29) is 28.4 Å². The zero-order chi connectivity index (χ0) is 39.0. The third kappa shape index (κ3) is 8.14. The highest BCUT2D eigenvalue weighted by Crippen LogP contribution is 2.43. The number of nitrogens with zero attached hydrogens (tertiary/aromatic N) is 5. The minimum atomic E-state index is -2.98. The van der Waals surface area contributed by atoms with Crippen LogP contribution in [0.1, 0.15) is 71.3 Å². The Hall–Kier alpha value is -5.06. The minimum absolute atomic E-state index is 0.0279. The molecule has 3 N–H and O–H groups in total. The molecule has 0 unspecified atom stereocenters. The number of imidazole rings is 1. The van der Waals surface area contributed by atoms with Gasteiger partial charge in [0.1, 0.15) is 18.0 Å². The molecule has 0 bridgehead atoms. The summed E-state index contributed by atoms with van der Waals surface area (Å²) in [6.07, 6.45) is 0.610. The summed E-state index contributed by atoms with van der Waals surface area (Å²) in [5, 5.41) is 17.9. The van der Waals surface area contributed by atoms with E-state index in [4.69, 9.17) is 21.7 Å². The molecule has 2 aromatic carbocycles. The summed E-state index contributed by atoms with van der Waals surface area (Å²) in [6, 6.07) is 9.39. The van der Waals surface area contributed by atoms with Crippen LogP contribution >= 0.6 is 11.6 Å². The summed E-state index contributed by atoms with van der Waals surface area (Å²) >= 11 is 6.45. The minimum Gasteiger partial charge on any atom is -0.447 e. The number of guanidine groups is 1. The first-order chi connectivity index (χ1) is 24.7. The molecule has 1 saturated heterocycles. The van der Waals surface area contributed by atoms with Crippen molar-refractivity contribution in [2.24, 2.45) is 5.41 Å². The number of alkyl halides is 6. The van der Waals surface area contributed by atoms with E-state index in [2.05, 4.69) is 20.7 Å². The van der Waals surface area contributed by atoms with Crippen LogP contribution in [0.15, 0.2) is 67.3 Å². The molecule has 4 aromatic rings. The van der Waals surface area contributed by atoms with Crippen molar-refractivity contribution in [2.75, 3.05) is 6.61 Å². The van der Waals surface area contributed by atoms with Crippen molar-refractivity contribution in [3.05, 3.63) is 83.4 Å². The Morgan fingerprint density at radius 1 is 1.02 bits per heavy atom. The molecule has 1 aliphatic rings. The van der Waals surface area contributed by atoms with Gasteiger partial charge in [0.05, 0.1) is 22.8 Å². The summed E-state index contributed by atoms with van der Waals surface area (Å²) in [5.74, 6) is -1.26. The molecule has 5 rings (SSSR count). The number of carbonyl (C=O) groups is 2. The van der Waals surface area contributed by atoms with Gasteiger partial charge in [-0.2, -0.15) is 22.7 Å². The molecule has 2 aromatic heterocycles. The lowest BCUT2D eigenvalue weighted by Gasteiger charge is -2.35. The van der Waals surface area contributed by atoms with Gasteiger partial charge in [0.15, 0.2) is 5.96 Å². The first-order valence-corrected chi connectivity index (χ1v) is 16.6. The average molecular weight is 767 g/mol. The Morgan fingerprint density at radius 2 is 1.70 bits per heavy atom. The summed E-state index contributed by atoms with van der Waals surface area (Å²) in [5.41, 5.74) is -2.52. The molecule has 3 heterocycles. The van der Waals surface area contributed by atoms with Gasteiger partial charge in [-0.15, -0.1) is 0 Å². The zero-order valence-corrected chi connectivity index (χ0v) is 29.9. The Balaban J connectivity index is 1.58. The van der Waals surface area contributed by atoms with Crippen LogP contribution in [0.3, 0.4) is 0 Å². The highest BCUT2D eigenvalue weighted by Gasteiger charge is 2.54. The molecule has 53 heavy (non-hydrogen) atoms. The van der Waals surface area contributed by atoms with Crippen LogP contribution in [-0.4, -0.2) is 60.8 Å². The molecular formula is C35H37ClF6N8O3. The molecule has 0 aliphatic carbocycles. The lowest BCUT2D eigenvalue weighted by atomic mass is 9.75. The van der Waals surface area contributed by atoms with Gasteiger partial charge in [-0.1, -0.05) is 62.7 Å². The molecule has 0 radical (unpaired) electrons. The van der Waals surface area contributed by atoms with E-state index in [1.54, 1.807) is 24.3 Å². The van der Waals surface area contributed by atoms with Gasteiger partial charge < -0.3 is 15.4 Å². The number of rotatable bonds is 12. The van der Waals surface area contributed by atoms with Crippen LogP contribution in [0.4, 0.5) is 31.1 Å². The van der Waals surface area contributed by atoms with Crippen molar-refractivity contribution in [3.8, 4) is 22.5 Å². The maximum atomic E-state index is 14.9. The van der Waals surface area contributed by atoms with E-state index < -0.39 is 66.6 Å². The molecule has 18 heteroatoms. The molecule has 2 amide bonds. The van der Waals surface area contributed by atoms with Gasteiger partial charge in [0.25, 0.3) is 12.3 Å². The van der Waals surface area contributed by atoms with E-state index in [1.165, 1.54) is 30.6 Å². The molecular weight excluding hydrogens is 730 g/mol. The highest BCUT2D eigenvalue weighted by atomic mass is 35.5. The first kappa shape index (κ1) is 39.2. The Labute approximate surface area is 305 Å². The third-order valence-electron chi connectivity index (χ3n) is 8.61. The smallest absolute Gasteiger partial charge is 0.407 e. The van der Waals surface area contributed by atoms with Crippen molar-refractivity contribution in [2.45, 2.75) is 77.7 Å². The van der Waals surface area contributed by atoms with Crippen LogP contribution in [0, 0.1) is 10.8 Å². The lowest BCUT2D eigenvalue weighted by Crippen LogP contribution is -2.50. The van der Waals surface area contributed by atoms with Gasteiger partial charge >= 0.3 is 19.2 Å². The fourth-order valence-corrected chi connectivity index (χ4v) is 6.31. The maximum absolute atomic E-state index is 14.9. The van der Waals surface area contributed by atoms with E-state index in [1.807, 2.05) is 20.8 Å². The molecule has 0 saturated carbocycles. The fraction of sp³-hybridized carbons (Fsp3) is 0.400. The molecule has 284 valence electrons. The number of alkyl carbamates (subject to hydrolysis) is 1. The van der Waals surface area contributed by atoms with Crippen LogP contribution in [0.2, 0.25) is 5.02 Å². The zero-order valence-electron chi connectivity index (χ0n) is 29.2. The predicted octanol–water partition coefficient (Wildman–Crippen LogP) is 8.37. The average Bonchev–Trinajstić information content (AvgIpc) is 3.81. The standard InChI is InChI=1S/C35H37ClF6N8O3/c1-33(2,3)18-35(22-9-6-19(7-10-22)21-15-45-49(16-21)30(41)42)28(51)50(31(43)46-35)25(17-53-32(52)47-34(4,5)27(37)38)20-8-11-24(36)23(14-20)26-44-12-13-48(26)29(39)40/h6-16,25,27,29-30H,17-18H2,1-5H3,(H2,43,46)(H,47,52)/t25-,35-/m1/s1. The number of ether oxygens (including phenoxy) is 1. The Kier molecular flexibility index (Phi) is 10.9. The van der Waals surface area contributed by atoms with Crippen LogP contribution in [-0.2, 0) is 15.1 Å².